The minimum absolute atomic E-state index is 0.0252. The van der Waals surface area contributed by atoms with Gasteiger partial charge in [0, 0.05) is 25.3 Å². The van der Waals surface area contributed by atoms with Gasteiger partial charge in [-0.3, -0.25) is 4.90 Å². The van der Waals surface area contributed by atoms with Crippen molar-refractivity contribution in [3.63, 3.8) is 0 Å². The molecule has 1 heterocycles. The summed E-state index contributed by atoms with van der Waals surface area (Å²) in [5.41, 5.74) is 7.91. The van der Waals surface area contributed by atoms with Crippen molar-refractivity contribution in [3.05, 3.63) is 29.3 Å². The van der Waals surface area contributed by atoms with Gasteiger partial charge in [0.25, 0.3) is 0 Å². The minimum Gasteiger partial charge on any atom is -0.399 e. The fourth-order valence-corrected chi connectivity index (χ4v) is 2.52. The summed E-state index contributed by atoms with van der Waals surface area (Å²) in [6, 6.07) is 7.68. The molecule has 2 rings (SSSR count). The summed E-state index contributed by atoms with van der Waals surface area (Å²) in [6.07, 6.45) is -0.0252. The number of rotatable bonds is 3. The Morgan fingerprint density at radius 3 is 3.00 bits per heavy atom. The lowest BCUT2D eigenvalue weighted by atomic mass is 10.0. The molecule has 0 radical (unpaired) electrons. The maximum Gasteiger partial charge on any atom is 0.0996 e. The topological polar surface area (TPSA) is 62.3 Å². The van der Waals surface area contributed by atoms with E-state index < -0.39 is 0 Å². The Labute approximate surface area is 114 Å². The van der Waals surface area contributed by atoms with Gasteiger partial charge in [-0.1, -0.05) is 19.9 Å². The van der Waals surface area contributed by atoms with E-state index in [0.717, 1.165) is 25.2 Å². The molecule has 0 aliphatic carbocycles. The van der Waals surface area contributed by atoms with E-state index in [4.69, 9.17) is 10.5 Å². The summed E-state index contributed by atoms with van der Waals surface area (Å²) >= 11 is 0. The third kappa shape index (κ3) is 3.46. The molecular weight excluding hydrogens is 238 g/mol. The highest BCUT2D eigenvalue weighted by Crippen LogP contribution is 2.26. The first-order valence-electron chi connectivity index (χ1n) is 6.73. The lowest BCUT2D eigenvalue weighted by Gasteiger charge is -2.34. The van der Waals surface area contributed by atoms with Crippen LogP contribution in [0.25, 0.3) is 0 Å². The summed E-state index contributed by atoms with van der Waals surface area (Å²) in [5, 5.41) is 9.21. The number of benzene rings is 1. The zero-order chi connectivity index (χ0) is 13.8. The molecule has 1 aromatic carbocycles. The first kappa shape index (κ1) is 13.9. The van der Waals surface area contributed by atoms with Crippen molar-refractivity contribution < 1.29 is 4.74 Å². The van der Waals surface area contributed by atoms with Gasteiger partial charge in [0.05, 0.1) is 24.3 Å². The standard InChI is InChI=1S/C15H21N3O/c1-11(2)9-18-5-6-19-15(10-18)14-4-3-13(17)7-12(14)8-16/h3-4,7,11,15H,5-6,9-10,17H2,1-2H3/t15-/m0/s1. The van der Waals surface area contributed by atoms with Crippen LogP contribution in [-0.2, 0) is 4.74 Å². The monoisotopic (exact) mass is 259 g/mol. The Hall–Kier alpha value is -1.57. The van der Waals surface area contributed by atoms with E-state index in [1.165, 1.54) is 0 Å². The van der Waals surface area contributed by atoms with Gasteiger partial charge in [0.1, 0.15) is 0 Å². The number of nitriles is 1. The summed E-state index contributed by atoms with van der Waals surface area (Å²) in [5.74, 6) is 0.639. The van der Waals surface area contributed by atoms with Crippen LogP contribution in [0.4, 0.5) is 5.69 Å². The van der Waals surface area contributed by atoms with Crippen LogP contribution in [0.1, 0.15) is 31.1 Å². The van der Waals surface area contributed by atoms with Crippen molar-refractivity contribution in [2.24, 2.45) is 5.92 Å². The van der Waals surface area contributed by atoms with Gasteiger partial charge in [-0.05, 0) is 23.6 Å². The number of anilines is 1. The molecular formula is C15H21N3O. The molecule has 4 nitrogen and oxygen atoms in total. The van der Waals surface area contributed by atoms with Crippen molar-refractivity contribution in [2.75, 3.05) is 32.0 Å². The number of morpholine rings is 1. The molecule has 1 saturated heterocycles. The first-order chi connectivity index (χ1) is 9.10. The average molecular weight is 259 g/mol. The Kier molecular flexibility index (Phi) is 4.41. The summed E-state index contributed by atoms with van der Waals surface area (Å²) in [6.45, 7) is 8.02. The van der Waals surface area contributed by atoms with Crippen LogP contribution in [0.3, 0.4) is 0 Å². The number of hydrogen-bond acceptors (Lipinski definition) is 4. The zero-order valence-electron chi connectivity index (χ0n) is 11.6. The van der Waals surface area contributed by atoms with Gasteiger partial charge in [-0.2, -0.15) is 5.26 Å². The largest absolute Gasteiger partial charge is 0.399 e. The second-order valence-corrected chi connectivity index (χ2v) is 5.47. The molecule has 102 valence electrons. The van der Waals surface area contributed by atoms with E-state index in [-0.39, 0.29) is 6.10 Å². The van der Waals surface area contributed by atoms with Crippen molar-refractivity contribution in [1.82, 2.24) is 4.90 Å². The van der Waals surface area contributed by atoms with E-state index >= 15 is 0 Å². The Morgan fingerprint density at radius 2 is 2.32 bits per heavy atom. The Bertz CT molecular complexity index is 479. The molecule has 19 heavy (non-hydrogen) atoms. The molecule has 1 fully saturated rings. The quantitative estimate of drug-likeness (QED) is 0.845. The van der Waals surface area contributed by atoms with E-state index in [1.807, 2.05) is 12.1 Å². The average Bonchev–Trinajstić information content (AvgIpc) is 2.38. The smallest absolute Gasteiger partial charge is 0.0996 e. The van der Waals surface area contributed by atoms with Gasteiger partial charge in [-0.15, -0.1) is 0 Å². The van der Waals surface area contributed by atoms with Gasteiger partial charge >= 0.3 is 0 Å². The maximum atomic E-state index is 9.21. The lowest BCUT2D eigenvalue weighted by molar-refractivity contribution is -0.0333. The van der Waals surface area contributed by atoms with Crippen molar-refractivity contribution in [2.45, 2.75) is 20.0 Å². The molecule has 1 atom stereocenters. The van der Waals surface area contributed by atoms with Crippen LogP contribution in [0, 0.1) is 17.2 Å². The maximum absolute atomic E-state index is 9.21. The van der Waals surface area contributed by atoms with Crippen LogP contribution in [0.2, 0.25) is 0 Å². The molecule has 0 saturated carbocycles. The SMILES string of the molecule is CC(C)CN1CCO[C@H](c2ccc(N)cc2C#N)C1. The summed E-state index contributed by atoms with van der Waals surface area (Å²) < 4.78 is 5.82. The predicted octanol–water partition coefficient (Wildman–Crippen LogP) is 2.17. The highest BCUT2D eigenvalue weighted by Gasteiger charge is 2.24. The van der Waals surface area contributed by atoms with Gasteiger partial charge in [0.2, 0.25) is 0 Å². The van der Waals surface area contributed by atoms with E-state index in [2.05, 4.69) is 24.8 Å². The molecule has 0 amide bonds. The second-order valence-electron chi connectivity index (χ2n) is 5.47. The number of nitrogen functional groups attached to an aromatic ring is 1. The minimum atomic E-state index is -0.0252. The van der Waals surface area contributed by atoms with Crippen LogP contribution in [0.15, 0.2) is 18.2 Å². The number of nitrogens with two attached hydrogens (primary N) is 1. The third-order valence-corrected chi connectivity index (χ3v) is 3.32. The fraction of sp³-hybridized carbons (Fsp3) is 0.533. The van der Waals surface area contributed by atoms with Crippen molar-refractivity contribution in [1.29, 1.82) is 5.26 Å². The molecule has 2 N–H and O–H groups in total. The molecule has 1 aromatic rings. The Balaban J connectivity index is 2.15. The van der Waals surface area contributed by atoms with Gasteiger partial charge in [0.15, 0.2) is 0 Å². The molecule has 0 unspecified atom stereocenters. The van der Waals surface area contributed by atoms with Crippen LogP contribution in [0.5, 0.6) is 0 Å². The Morgan fingerprint density at radius 1 is 1.53 bits per heavy atom. The van der Waals surface area contributed by atoms with Crippen molar-refractivity contribution in [3.8, 4) is 6.07 Å². The molecule has 0 aromatic heterocycles. The lowest BCUT2D eigenvalue weighted by Crippen LogP contribution is -2.40. The van der Waals surface area contributed by atoms with Crippen LogP contribution >= 0.6 is 0 Å². The molecule has 1 aliphatic rings. The highest BCUT2D eigenvalue weighted by atomic mass is 16.5. The summed E-state index contributed by atoms with van der Waals surface area (Å²) in [4.78, 5) is 2.40. The number of hydrogen-bond donors (Lipinski definition) is 1. The molecule has 0 spiro atoms. The highest BCUT2D eigenvalue weighted by molar-refractivity contribution is 5.50. The first-order valence-corrected chi connectivity index (χ1v) is 6.73. The van der Waals surface area contributed by atoms with Gasteiger partial charge < -0.3 is 10.5 Å². The van der Waals surface area contributed by atoms with Crippen LogP contribution in [-0.4, -0.2) is 31.1 Å². The van der Waals surface area contributed by atoms with E-state index in [9.17, 15) is 5.26 Å². The normalized spacial score (nSPS) is 20.4. The molecule has 4 heteroatoms. The number of ether oxygens (including phenoxy) is 1. The number of nitrogens with zero attached hydrogens (tertiary/aromatic N) is 2. The summed E-state index contributed by atoms with van der Waals surface area (Å²) in [7, 11) is 0. The molecule has 1 aliphatic heterocycles. The van der Waals surface area contributed by atoms with Crippen molar-refractivity contribution >= 4 is 5.69 Å². The van der Waals surface area contributed by atoms with E-state index in [0.29, 0.717) is 23.8 Å². The molecule has 0 bridgehead atoms. The third-order valence-electron chi connectivity index (χ3n) is 3.32. The van der Waals surface area contributed by atoms with Crippen LogP contribution < -0.4 is 5.73 Å². The predicted molar refractivity (Wildman–Crippen MR) is 75.5 cm³/mol. The van der Waals surface area contributed by atoms with Gasteiger partial charge in [-0.25, -0.2) is 0 Å². The second kappa shape index (κ2) is 6.05. The zero-order valence-corrected chi connectivity index (χ0v) is 11.6. The fourth-order valence-electron chi connectivity index (χ4n) is 2.52. The van der Waals surface area contributed by atoms with E-state index in [1.54, 1.807) is 6.07 Å².